The topological polar surface area (TPSA) is 101 Å². The first-order valence-corrected chi connectivity index (χ1v) is 11.4. The highest BCUT2D eigenvalue weighted by molar-refractivity contribution is 5.99. The molecule has 1 N–H and O–H groups in total. The molecule has 9 nitrogen and oxygen atoms in total. The molecular formula is C24H26N4O5. The lowest BCUT2D eigenvalue weighted by molar-refractivity contribution is -0.211. The summed E-state index contributed by atoms with van der Waals surface area (Å²) >= 11 is 0. The van der Waals surface area contributed by atoms with Gasteiger partial charge in [-0.15, -0.1) is 0 Å². The highest BCUT2D eigenvalue weighted by Gasteiger charge is 2.57. The molecule has 3 aliphatic rings. The van der Waals surface area contributed by atoms with Crippen LogP contribution in [0.5, 0.6) is 0 Å². The van der Waals surface area contributed by atoms with Crippen LogP contribution in [0.4, 0.5) is 0 Å². The average molecular weight is 450 g/mol. The van der Waals surface area contributed by atoms with Crippen LogP contribution in [0.1, 0.15) is 51.6 Å². The van der Waals surface area contributed by atoms with Crippen molar-refractivity contribution in [3.63, 3.8) is 0 Å². The monoisotopic (exact) mass is 450 g/mol. The van der Waals surface area contributed by atoms with Crippen LogP contribution in [0.2, 0.25) is 0 Å². The molecule has 2 aromatic heterocycles. The number of nitrogens with one attached hydrogen (secondary N) is 1. The normalized spacial score (nSPS) is 20.0. The zero-order valence-corrected chi connectivity index (χ0v) is 18.5. The van der Waals surface area contributed by atoms with Crippen LogP contribution in [0.25, 0.3) is 10.9 Å². The fraction of sp³-hybridized carbons (Fsp3) is 0.458. The molecule has 0 atom stereocenters. The largest absolute Gasteiger partial charge is 0.360 e. The summed E-state index contributed by atoms with van der Waals surface area (Å²) in [6.07, 6.45) is 2.62. The Balaban J connectivity index is 1.23. The van der Waals surface area contributed by atoms with Gasteiger partial charge in [-0.2, -0.15) is 0 Å². The number of hydrogen-bond donors (Lipinski definition) is 1. The second-order valence-electron chi connectivity index (χ2n) is 9.07. The van der Waals surface area contributed by atoms with E-state index in [2.05, 4.69) is 10.1 Å². The second kappa shape index (κ2) is 7.71. The van der Waals surface area contributed by atoms with Crippen LogP contribution in [0.3, 0.4) is 0 Å². The van der Waals surface area contributed by atoms with Crippen molar-refractivity contribution >= 4 is 22.7 Å². The van der Waals surface area contributed by atoms with Crippen molar-refractivity contribution in [2.24, 2.45) is 0 Å². The van der Waals surface area contributed by atoms with E-state index in [-0.39, 0.29) is 24.1 Å². The van der Waals surface area contributed by atoms with E-state index < -0.39 is 11.8 Å². The molecule has 0 spiro atoms. The number of carbonyl (C=O) groups excluding carboxylic acids is 2. The number of likely N-dealkylation sites (N-methyl/N-ethyl adjacent to an activating group) is 1. The van der Waals surface area contributed by atoms with E-state index in [4.69, 9.17) is 14.0 Å². The van der Waals surface area contributed by atoms with E-state index in [9.17, 15) is 9.59 Å². The molecule has 2 fully saturated rings. The predicted octanol–water partition coefficient (Wildman–Crippen LogP) is 2.72. The van der Waals surface area contributed by atoms with Crippen molar-refractivity contribution in [3.8, 4) is 0 Å². The SMILES string of the molecule is CN(C(=O)c1noc2c1CN(C(=O)c1cc3ccccc3[nH]1)CC2)C1(C2OCCCO2)CC1. The minimum absolute atomic E-state index is 0.104. The minimum Gasteiger partial charge on any atom is -0.360 e. The molecule has 0 radical (unpaired) electrons. The zero-order valence-electron chi connectivity index (χ0n) is 18.5. The summed E-state index contributed by atoms with van der Waals surface area (Å²) in [6, 6.07) is 9.65. The summed E-state index contributed by atoms with van der Waals surface area (Å²) in [4.78, 5) is 33.3. The van der Waals surface area contributed by atoms with Crippen molar-refractivity contribution in [3.05, 3.63) is 53.0 Å². The molecule has 6 rings (SSSR count). The minimum atomic E-state index is -0.460. The van der Waals surface area contributed by atoms with E-state index in [1.54, 1.807) is 16.8 Å². The molecule has 172 valence electrons. The summed E-state index contributed by atoms with van der Waals surface area (Å²) in [7, 11) is 1.77. The van der Waals surface area contributed by atoms with Crippen molar-refractivity contribution < 1.29 is 23.6 Å². The Bertz CT molecular complexity index is 1190. The number of amides is 2. The van der Waals surface area contributed by atoms with Gasteiger partial charge in [-0.25, -0.2) is 0 Å². The fourth-order valence-corrected chi connectivity index (χ4v) is 4.93. The molecule has 2 aliphatic heterocycles. The number of para-hydroxylation sites is 1. The molecular weight excluding hydrogens is 424 g/mol. The summed E-state index contributed by atoms with van der Waals surface area (Å²) in [5.41, 5.74) is 1.94. The Kier molecular flexibility index (Phi) is 4.77. The summed E-state index contributed by atoms with van der Waals surface area (Å²) in [6.45, 7) is 2.07. The molecule has 9 heteroatoms. The predicted molar refractivity (Wildman–Crippen MR) is 118 cm³/mol. The smallest absolute Gasteiger partial charge is 0.276 e. The molecule has 1 saturated heterocycles. The molecule has 0 bridgehead atoms. The molecule has 4 heterocycles. The van der Waals surface area contributed by atoms with Gasteiger partial charge in [0.1, 0.15) is 11.5 Å². The molecule has 2 amide bonds. The third-order valence-electron chi connectivity index (χ3n) is 7.08. The Labute approximate surface area is 190 Å². The average Bonchev–Trinajstić information content (AvgIpc) is 3.38. The standard InChI is InChI=1S/C24H26N4O5/c1-27(24(8-9-24)23-31-11-4-12-32-23)22(30)20-16-14-28(10-7-19(16)33-26-20)21(29)18-13-15-5-2-3-6-17(15)25-18/h2-3,5-6,13,23,25H,4,7-12,14H2,1H3. The number of aromatic nitrogens is 2. The number of benzene rings is 1. The first-order chi connectivity index (χ1) is 16.1. The van der Waals surface area contributed by atoms with Gasteiger partial charge in [0.25, 0.3) is 11.8 Å². The molecule has 1 saturated carbocycles. The maximum absolute atomic E-state index is 13.5. The zero-order chi connectivity index (χ0) is 22.6. The Morgan fingerprint density at radius 2 is 2.00 bits per heavy atom. The summed E-state index contributed by atoms with van der Waals surface area (Å²) in [5.74, 6) is 0.338. The highest BCUT2D eigenvalue weighted by atomic mass is 16.7. The quantitative estimate of drug-likeness (QED) is 0.656. The third kappa shape index (κ3) is 3.34. The van der Waals surface area contributed by atoms with Gasteiger partial charge >= 0.3 is 0 Å². The van der Waals surface area contributed by atoms with Crippen LogP contribution in [0.15, 0.2) is 34.9 Å². The summed E-state index contributed by atoms with van der Waals surface area (Å²) in [5, 5.41) is 5.10. The highest BCUT2D eigenvalue weighted by Crippen LogP contribution is 2.47. The van der Waals surface area contributed by atoms with Crippen LogP contribution >= 0.6 is 0 Å². The number of nitrogens with zero attached hydrogens (tertiary/aromatic N) is 3. The van der Waals surface area contributed by atoms with Gasteiger partial charge in [0.2, 0.25) is 0 Å². The van der Waals surface area contributed by atoms with Gasteiger partial charge in [0, 0.05) is 36.5 Å². The third-order valence-corrected chi connectivity index (χ3v) is 7.08. The maximum atomic E-state index is 13.5. The maximum Gasteiger partial charge on any atom is 0.276 e. The summed E-state index contributed by atoms with van der Waals surface area (Å²) < 4.78 is 17.1. The van der Waals surface area contributed by atoms with Crippen molar-refractivity contribution in [2.75, 3.05) is 26.8 Å². The molecule has 0 unspecified atom stereocenters. The van der Waals surface area contributed by atoms with Gasteiger partial charge in [-0.1, -0.05) is 23.4 Å². The first-order valence-electron chi connectivity index (χ1n) is 11.4. The lowest BCUT2D eigenvalue weighted by Gasteiger charge is -2.36. The lowest BCUT2D eigenvalue weighted by atomic mass is 10.0. The Morgan fingerprint density at radius 1 is 1.21 bits per heavy atom. The van der Waals surface area contributed by atoms with Crippen molar-refractivity contribution in [2.45, 2.75) is 44.1 Å². The molecule has 33 heavy (non-hydrogen) atoms. The van der Waals surface area contributed by atoms with Gasteiger partial charge in [0.05, 0.1) is 25.3 Å². The molecule has 3 aromatic rings. The Hall–Kier alpha value is -3.17. The fourth-order valence-electron chi connectivity index (χ4n) is 4.93. The van der Waals surface area contributed by atoms with Crippen molar-refractivity contribution in [1.82, 2.24) is 19.9 Å². The van der Waals surface area contributed by atoms with Crippen LogP contribution in [-0.4, -0.2) is 70.4 Å². The van der Waals surface area contributed by atoms with E-state index in [1.807, 2.05) is 30.3 Å². The van der Waals surface area contributed by atoms with Gasteiger partial charge in [-0.05, 0) is 31.4 Å². The van der Waals surface area contributed by atoms with E-state index >= 15 is 0 Å². The number of ether oxygens (including phenoxy) is 2. The number of rotatable bonds is 4. The second-order valence-corrected chi connectivity index (χ2v) is 9.07. The van der Waals surface area contributed by atoms with Crippen LogP contribution in [0, 0.1) is 0 Å². The van der Waals surface area contributed by atoms with Gasteiger partial charge in [-0.3, -0.25) is 9.59 Å². The van der Waals surface area contributed by atoms with Crippen LogP contribution in [-0.2, 0) is 22.4 Å². The number of hydrogen-bond acceptors (Lipinski definition) is 6. The van der Waals surface area contributed by atoms with E-state index in [0.717, 1.165) is 30.2 Å². The number of fused-ring (bicyclic) bond motifs is 2. The number of H-pyrrole nitrogens is 1. The van der Waals surface area contributed by atoms with Gasteiger partial charge in [0.15, 0.2) is 12.0 Å². The van der Waals surface area contributed by atoms with E-state index in [0.29, 0.717) is 43.2 Å². The molecule has 1 aliphatic carbocycles. The van der Waals surface area contributed by atoms with Gasteiger partial charge < -0.3 is 28.8 Å². The van der Waals surface area contributed by atoms with Crippen LogP contribution < -0.4 is 0 Å². The Morgan fingerprint density at radius 3 is 2.76 bits per heavy atom. The number of aromatic amines is 1. The lowest BCUT2D eigenvalue weighted by Crippen LogP contribution is -2.51. The number of carbonyl (C=O) groups is 2. The van der Waals surface area contributed by atoms with Crippen molar-refractivity contribution in [1.29, 1.82) is 0 Å². The molecule has 1 aromatic carbocycles. The first kappa shape index (κ1) is 20.4. The van der Waals surface area contributed by atoms with E-state index in [1.165, 1.54) is 0 Å².